The lowest BCUT2D eigenvalue weighted by Crippen LogP contribution is -2.46. The second-order valence-corrected chi connectivity index (χ2v) is 6.11. The Labute approximate surface area is 149 Å². The molecule has 2 aliphatic rings. The van der Waals surface area contributed by atoms with Crippen molar-refractivity contribution in [1.29, 1.82) is 0 Å². The zero-order valence-corrected chi connectivity index (χ0v) is 14.8. The third kappa shape index (κ3) is 4.26. The van der Waals surface area contributed by atoms with Crippen LogP contribution in [0.25, 0.3) is 0 Å². The van der Waals surface area contributed by atoms with Crippen molar-refractivity contribution in [3.05, 3.63) is 29.3 Å². The van der Waals surface area contributed by atoms with Crippen LogP contribution in [0.2, 0.25) is 0 Å². The molecule has 0 aromatic heterocycles. The average Bonchev–Trinajstić information content (AvgIpc) is 2.99. The van der Waals surface area contributed by atoms with Crippen LogP contribution in [0.15, 0.2) is 18.2 Å². The van der Waals surface area contributed by atoms with Gasteiger partial charge in [0.05, 0.1) is 0 Å². The van der Waals surface area contributed by atoms with Gasteiger partial charge < -0.3 is 15.5 Å². The van der Waals surface area contributed by atoms with Crippen molar-refractivity contribution >= 4 is 29.9 Å². The molecule has 3 rings (SSSR count). The van der Waals surface area contributed by atoms with Crippen LogP contribution in [0, 0.1) is 0 Å². The summed E-state index contributed by atoms with van der Waals surface area (Å²) in [7, 11) is 0. The van der Waals surface area contributed by atoms with Crippen LogP contribution in [0.3, 0.4) is 0 Å². The molecule has 0 saturated carbocycles. The maximum atomic E-state index is 12.3. The van der Waals surface area contributed by atoms with Gasteiger partial charge in [0.1, 0.15) is 0 Å². The quantitative estimate of drug-likeness (QED) is 0.835. The maximum Gasteiger partial charge on any atom is 0.251 e. The summed E-state index contributed by atoms with van der Waals surface area (Å²) in [5.74, 6) is 0.0150. The fraction of sp³-hybridized carbons (Fsp3) is 0.529. The van der Waals surface area contributed by atoms with E-state index in [-0.39, 0.29) is 24.2 Å². The molecule has 132 valence electrons. The van der Waals surface area contributed by atoms with Crippen LogP contribution in [-0.4, -0.2) is 62.5 Å². The van der Waals surface area contributed by atoms with Gasteiger partial charge in [-0.15, -0.1) is 12.4 Å². The summed E-state index contributed by atoms with van der Waals surface area (Å²) in [6.45, 7) is 7.94. The van der Waals surface area contributed by atoms with Gasteiger partial charge in [-0.3, -0.25) is 14.5 Å². The summed E-state index contributed by atoms with van der Waals surface area (Å²) >= 11 is 0. The first kappa shape index (κ1) is 18.7. The minimum Gasteiger partial charge on any atom is -0.351 e. The summed E-state index contributed by atoms with van der Waals surface area (Å²) in [4.78, 5) is 28.0. The smallest absolute Gasteiger partial charge is 0.251 e. The zero-order chi connectivity index (χ0) is 16.2. The van der Waals surface area contributed by atoms with Gasteiger partial charge in [0.15, 0.2) is 0 Å². The molecule has 6 nitrogen and oxygen atoms in total. The fourth-order valence-electron chi connectivity index (χ4n) is 3.23. The summed E-state index contributed by atoms with van der Waals surface area (Å²) in [6, 6.07) is 5.60. The molecule has 1 aromatic rings. The van der Waals surface area contributed by atoms with Gasteiger partial charge in [-0.05, 0) is 30.2 Å². The molecule has 0 aliphatic carbocycles. The van der Waals surface area contributed by atoms with E-state index in [0.717, 1.165) is 50.4 Å². The van der Waals surface area contributed by atoms with Crippen LogP contribution in [0.5, 0.6) is 0 Å². The molecular weight excluding hydrogens is 328 g/mol. The Kier molecular flexibility index (Phi) is 6.60. The third-order valence-electron chi connectivity index (χ3n) is 4.54. The van der Waals surface area contributed by atoms with E-state index in [9.17, 15) is 9.59 Å². The number of carbonyl (C=O) groups is 2. The molecule has 0 spiro atoms. The minimum absolute atomic E-state index is 0. The van der Waals surface area contributed by atoms with Crippen molar-refractivity contribution in [2.24, 2.45) is 0 Å². The standard InChI is InChI=1S/C17H24N4O2.ClH/c1-13(22)21-8-4-14-12-15(2-3-16(14)21)17(23)19-7-11-20-9-5-18-6-10-20;/h2-3,12,18H,4-11H2,1H3,(H,19,23);1H. The summed E-state index contributed by atoms with van der Waals surface area (Å²) in [5.41, 5.74) is 2.69. The normalized spacial score (nSPS) is 17.1. The Morgan fingerprint density at radius 3 is 2.67 bits per heavy atom. The number of amides is 2. The number of carbonyl (C=O) groups excluding carboxylic acids is 2. The van der Waals surface area contributed by atoms with Gasteiger partial charge in [0.2, 0.25) is 5.91 Å². The van der Waals surface area contributed by atoms with Crippen molar-refractivity contribution in [2.45, 2.75) is 13.3 Å². The molecule has 1 saturated heterocycles. The highest BCUT2D eigenvalue weighted by Crippen LogP contribution is 2.28. The molecule has 2 amide bonds. The van der Waals surface area contributed by atoms with E-state index in [4.69, 9.17) is 0 Å². The highest BCUT2D eigenvalue weighted by Gasteiger charge is 2.23. The van der Waals surface area contributed by atoms with Gasteiger partial charge >= 0.3 is 0 Å². The van der Waals surface area contributed by atoms with Crippen molar-refractivity contribution in [3.63, 3.8) is 0 Å². The first-order valence-corrected chi connectivity index (χ1v) is 8.27. The van der Waals surface area contributed by atoms with Crippen LogP contribution < -0.4 is 15.5 Å². The summed E-state index contributed by atoms with van der Waals surface area (Å²) in [5, 5.41) is 6.31. The third-order valence-corrected chi connectivity index (χ3v) is 4.54. The van der Waals surface area contributed by atoms with Gasteiger partial charge in [0.25, 0.3) is 5.91 Å². The number of piperazine rings is 1. The minimum atomic E-state index is -0.0378. The molecule has 0 bridgehead atoms. The van der Waals surface area contributed by atoms with E-state index in [0.29, 0.717) is 18.7 Å². The highest BCUT2D eigenvalue weighted by molar-refractivity contribution is 5.97. The van der Waals surface area contributed by atoms with E-state index in [2.05, 4.69) is 15.5 Å². The Bertz CT molecular complexity index is 602. The molecule has 1 fully saturated rings. The van der Waals surface area contributed by atoms with Crippen molar-refractivity contribution in [2.75, 3.05) is 50.7 Å². The lowest BCUT2D eigenvalue weighted by Gasteiger charge is -2.27. The molecule has 2 heterocycles. The second-order valence-electron chi connectivity index (χ2n) is 6.11. The molecule has 7 heteroatoms. The monoisotopic (exact) mass is 352 g/mol. The SMILES string of the molecule is CC(=O)N1CCc2cc(C(=O)NCCN3CCNCC3)ccc21.Cl. The molecule has 0 atom stereocenters. The number of hydrogen-bond donors (Lipinski definition) is 2. The van der Waals surface area contributed by atoms with Crippen molar-refractivity contribution in [3.8, 4) is 0 Å². The number of fused-ring (bicyclic) bond motifs is 1. The molecule has 2 N–H and O–H groups in total. The van der Waals surface area contributed by atoms with E-state index >= 15 is 0 Å². The van der Waals surface area contributed by atoms with E-state index < -0.39 is 0 Å². The largest absolute Gasteiger partial charge is 0.351 e. The van der Waals surface area contributed by atoms with Crippen LogP contribution in [0.1, 0.15) is 22.8 Å². The lowest BCUT2D eigenvalue weighted by atomic mass is 10.1. The highest BCUT2D eigenvalue weighted by atomic mass is 35.5. The first-order chi connectivity index (χ1) is 11.1. The molecular formula is C17H25ClN4O2. The van der Waals surface area contributed by atoms with Crippen LogP contribution >= 0.6 is 12.4 Å². The number of nitrogens with zero attached hydrogens (tertiary/aromatic N) is 2. The fourth-order valence-corrected chi connectivity index (χ4v) is 3.23. The number of rotatable bonds is 4. The number of hydrogen-bond acceptors (Lipinski definition) is 4. The average molecular weight is 353 g/mol. The van der Waals surface area contributed by atoms with Gasteiger partial charge in [0, 0.05) is 64.0 Å². The second kappa shape index (κ2) is 8.46. The Morgan fingerprint density at radius 2 is 1.96 bits per heavy atom. The zero-order valence-electron chi connectivity index (χ0n) is 14.0. The Balaban J connectivity index is 0.00000208. The van der Waals surface area contributed by atoms with Gasteiger partial charge in [-0.2, -0.15) is 0 Å². The predicted octanol–water partition coefficient (Wildman–Crippen LogP) is 0.652. The van der Waals surface area contributed by atoms with Crippen LogP contribution in [0.4, 0.5) is 5.69 Å². The lowest BCUT2D eigenvalue weighted by molar-refractivity contribution is -0.116. The summed E-state index contributed by atoms with van der Waals surface area (Å²) < 4.78 is 0. The number of nitrogens with one attached hydrogen (secondary N) is 2. The van der Waals surface area contributed by atoms with Crippen molar-refractivity contribution in [1.82, 2.24) is 15.5 Å². The predicted molar refractivity (Wildman–Crippen MR) is 97.1 cm³/mol. The van der Waals surface area contributed by atoms with E-state index in [1.54, 1.807) is 17.9 Å². The number of anilines is 1. The van der Waals surface area contributed by atoms with Gasteiger partial charge in [-0.25, -0.2) is 0 Å². The Morgan fingerprint density at radius 1 is 1.21 bits per heavy atom. The molecule has 2 aliphatic heterocycles. The molecule has 0 radical (unpaired) electrons. The maximum absolute atomic E-state index is 12.3. The summed E-state index contributed by atoms with van der Waals surface area (Å²) in [6.07, 6.45) is 0.816. The number of benzene rings is 1. The first-order valence-electron chi connectivity index (χ1n) is 8.27. The van der Waals surface area contributed by atoms with Crippen molar-refractivity contribution < 1.29 is 9.59 Å². The van der Waals surface area contributed by atoms with Crippen LogP contribution in [-0.2, 0) is 11.2 Å². The topological polar surface area (TPSA) is 64.7 Å². The molecule has 1 aromatic carbocycles. The Hall–Kier alpha value is -1.63. The molecule has 24 heavy (non-hydrogen) atoms. The number of halogens is 1. The molecule has 0 unspecified atom stereocenters. The van der Waals surface area contributed by atoms with Gasteiger partial charge in [-0.1, -0.05) is 0 Å². The van der Waals surface area contributed by atoms with E-state index in [1.165, 1.54) is 0 Å². The van der Waals surface area contributed by atoms with E-state index in [1.807, 2.05) is 12.1 Å².